The van der Waals surface area contributed by atoms with Crippen molar-refractivity contribution in [3.05, 3.63) is 119 Å². The number of benzene rings is 2. The summed E-state index contributed by atoms with van der Waals surface area (Å²) in [6.45, 7) is 6.09. The van der Waals surface area contributed by atoms with Gasteiger partial charge in [-0.2, -0.15) is 0 Å². The second-order valence-corrected chi connectivity index (χ2v) is 9.02. The molecule has 1 aliphatic carbocycles. The molecular weight excluding hydrogens is 428 g/mol. The SMILES string of the molecule is CCN1/C(=C/C=C2\CCC/C(=C\C=C3/C=Cc4ccccc4N3CC)C2=O)C=Cc2ccccc21. The number of carbonyl (C=O) groups excluding carboxylic acids is 1. The lowest BCUT2D eigenvalue weighted by Gasteiger charge is -2.29. The molecule has 0 saturated heterocycles. The zero-order chi connectivity index (χ0) is 24.2. The monoisotopic (exact) mass is 460 g/mol. The molecule has 0 radical (unpaired) electrons. The fourth-order valence-electron chi connectivity index (χ4n) is 5.15. The van der Waals surface area contributed by atoms with Crippen LogP contribution in [0.15, 0.2) is 108 Å². The van der Waals surface area contributed by atoms with Crippen molar-refractivity contribution in [1.82, 2.24) is 0 Å². The normalized spacial score (nSPS) is 21.8. The van der Waals surface area contributed by atoms with Gasteiger partial charge in [-0.1, -0.05) is 60.7 Å². The van der Waals surface area contributed by atoms with Gasteiger partial charge in [0.25, 0.3) is 0 Å². The number of para-hydroxylation sites is 2. The quantitative estimate of drug-likeness (QED) is 0.442. The Balaban J connectivity index is 1.38. The van der Waals surface area contributed by atoms with E-state index in [-0.39, 0.29) is 5.78 Å². The molecular formula is C32H32N2O. The van der Waals surface area contributed by atoms with Crippen molar-refractivity contribution in [2.45, 2.75) is 33.1 Å². The maximum Gasteiger partial charge on any atom is 0.184 e. The van der Waals surface area contributed by atoms with Crippen LogP contribution in [0.2, 0.25) is 0 Å². The summed E-state index contributed by atoms with van der Waals surface area (Å²) < 4.78 is 0. The first-order valence-electron chi connectivity index (χ1n) is 12.6. The third-order valence-electron chi connectivity index (χ3n) is 6.96. The molecule has 0 spiro atoms. The topological polar surface area (TPSA) is 23.6 Å². The summed E-state index contributed by atoms with van der Waals surface area (Å²) in [6, 6.07) is 16.9. The van der Waals surface area contributed by atoms with E-state index in [9.17, 15) is 4.79 Å². The predicted octanol–water partition coefficient (Wildman–Crippen LogP) is 7.47. The molecule has 2 heterocycles. The van der Waals surface area contributed by atoms with E-state index >= 15 is 0 Å². The smallest absolute Gasteiger partial charge is 0.184 e. The van der Waals surface area contributed by atoms with Crippen molar-refractivity contribution in [3.8, 4) is 0 Å². The number of carbonyl (C=O) groups is 1. The molecule has 3 heteroatoms. The van der Waals surface area contributed by atoms with Crippen molar-refractivity contribution in [2.24, 2.45) is 0 Å². The van der Waals surface area contributed by atoms with Crippen LogP contribution in [0.5, 0.6) is 0 Å². The number of anilines is 2. The van der Waals surface area contributed by atoms with Gasteiger partial charge in [-0.05, 0) is 91.8 Å². The maximum absolute atomic E-state index is 13.3. The van der Waals surface area contributed by atoms with E-state index in [4.69, 9.17) is 0 Å². The van der Waals surface area contributed by atoms with Crippen LogP contribution in [0, 0.1) is 0 Å². The minimum atomic E-state index is 0.177. The lowest BCUT2D eigenvalue weighted by molar-refractivity contribution is -0.113. The number of hydrogen-bond donors (Lipinski definition) is 0. The number of nitrogens with zero attached hydrogens (tertiary/aromatic N) is 2. The highest BCUT2D eigenvalue weighted by Crippen LogP contribution is 2.33. The molecule has 1 saturated carbocycles. The zero-order valence-corrected chi connectivity index (χ0v) is 20.6. The summed E-state index contributed by atoms with van der Waals surface area (Å²) in [5.74, 6) is 0.177. The first kappa shape index (κ1) is 22.9. The van der Waals surface area contributed by atoms with Gasteiger partial charge < -0.3 is 9.80 Å². The summed E-state index contributed by atoms with van der Waals surface area (Å²) in [4.78, 5) is 17.9. The number of fused-ring (bicyclic) bond motifs is 2. The molecule has 2 aromatic rings. The standard InChI is InChI=1S/C32H32N2O/c1-3-33-28(20-16-24-10-5-7-14-30(24)33)22-18-26-12-9-13-27(32(26)35)19-23-29-21-17-25-11-6-8-15-31(25)34(29)4-2/h5-8,10-11,14-23H,3-4,9,12-13H2,1-2H3/b26-18+,27-19+,28-22+,29-23+. The first-order chi connectivity index (χ1) is 17.2. The Labute approximate surface area is 208 Å². The number of Topliss-reactive ketones (excluding diaryl/α,β-unsaturated/α-hetero) is 1. The summed E-state index contributed by atoms with van der Waals surface area (Å²) in [6.07, 6.45) is 19.5. The van der Waals surface area contributed by atoms with E-state index in [0.717, 1.165) is 54.9 Å². The molecule has 5 rings (SSSR count). The number of ketones is 1. The van der Waals surface area contributed by atoms with Gasteiger partial charge in [-0.15, -0.1) is 0 Å². The average molecular weight is 461 g/mol. The van der Waals surface area contributed by atoms with E-state index in [1.54, 1.807) is 0 Å². The minimum absolute atomic E-state index is 0.177. The van der Waals surface area contributed by atoms with Crippen LogP contribution in [0.1, 0.15) is 44.2 Å². The van der Waals surface area contributed by atoms with Gasteiger partial charge in [0, 0.05) is 35.9 Å². The van der Waals surface area contributed by atoms with Gasteiger partial charge in [0.05, 0.1) is 0 Å². The highest BCUT2D eigenvalue weighted by atomic mass is 16.1. The molecule has 2 aliphatic heterocycles. The van der Waals surface area contributed by atoms with Crippen LogP contribution in [0.4, 0.5) is 11.4 Å². The largest absolute Gasteiger partial charge is 0.341 e. The van der Waals surface area contributed by atoms with Crippen molar-refractivity contribution in [3.63, 3.8) is 0 Å². The van der Waals surface area contributed by atoms with E-state index in [2.05, 4.69) is 109 Å². The minimum Gasteiger partial charge on any atom is -0.341 e. The van der Waals surface area contributed by atoms with Crippen molar-refractivity contribution in [1.29, 1.82) is 0 Å². The number of allylic oxidation sites excluding steroid dienone is 8. The Morgan fingerprint density at radius 3 is 1.57 bits per heavy atom. The lowest BCUT2D eigenvalue weighted by atomic mass is 9.88. The Morgan fingerprint density at radius 2 is 1.11 bits per heavy atom. The van der Waals surface area contributed by atoms with Crippen LogP contribution >= 0.6 is 0 Å². The molecule has 35 heavy (non-hydrogen) atoms. The third kappa shape index (κ3) is 4.59. The van der Waals surface area contributed by atoms with Crippen LogP contribution in [0.25, 0.3) is 12.2 Å². The molecule has 0 bridgehead atoms. The second kappa shape index (κ2) is 10.2. The van der Waals surface area contributed by atoms with Gasteiger partial charge in [0.2, 0.25) is 0 Å². The summed E-state index contributed by atoms with van der Waals surface area (Å²) in [5, 5.41) is 0. The van der Waals surface area contributed by atoms with Gasteiger partial charge in [0.1, 0.15) is 0 Å². The van der Waals surface area contributed by atoms with E-state index in [0.29, 0.717) is 0 Å². The second-order valence-electron chi connectivity index (χ2n) is 9.02. The fourth-order valence-corrected chi connectivity index (χ4v) is 5.15. The molecule has 176 valence electrons. The molecule has 0 amide bonds. The highest BCUT2D eigenvalue weighted by molar-refractivity contribution is 6.09. The summed E-state index contributed by atoms with van der Waals surface area (Å²) in [5.41, 5.74) is 8.92. The van der Waals surface area contributed by atoms with Crippen LogP contribution < -0.4 is 9.80 Å². The molecule has 0 N–H and O–H groups in total. The number of rotatable bonds is 4. The third-order valence-corrected chi connectivity index (χ3v) is 6.96. The van der Waals surface area contributed by atoms with Crippen LogP contribution in [0.3, 0.4) is 0 Å². The van der Waals surface area contributed by atoms with Gasteiger partial charge in [0.15, 0.2) is 5.78 Å². The maximum atomic E-state index is 13.3. The first-order valence-corrected chi connectivity index (χ1v) is 12.6. The van der Waals surface area contributed by atoms with Gasteiger partial charge in [-0.3, -0.25) is 4.79 Å². The molecule has 3 nitrogen and oxygen atoms in total. The molecule has 0 unspecified atom stereocenters. The Morgan fingerprint density at radius 1 is 0.657 bits per heavy atom. The molecule has 1 fully saturated rings. The van der Waals surface area contributed by atoms with Gasteiger partial charge in [-0.25, -0.2) is 0 Å². The van der Waals surface area contributed by atoms with Crippen LogP contribution in [-0.4, -0.2) is 18.9 Å². The Kier molecular flexibility index (Phi) is 6.67. The van der Waals surface area contributed by atoms with Crippen LogP contribution in [-0.2, 0) is 4.79 Å². The number of hydrogen-bond acceptors (Lipinski definition) is 3. The molecule has 2 aromatic carbocycles. The van der Waals surface area contributed by atoms with E-state index in [1.807, 2.05) is 12.2 Å². The fraction of sp³-hybridized carbons (Fsp3) is 0.219. The van der Waals surface area contributed by atoms with E-state index in [1.165, 1.54) is 22.5 Å². The predicted molar refractivity (Wildman–Crippen MR) is 148 cm³/mol. The Bertz CT molecular complexity index is 1220. The summed E-state index contributed by atoms with van der Waals surface area (Å²) >= 11 is 0. The number of likely N-dealkylation sites (N-methyl/N-ethyl adjacent to an activating group) is 2. The molecule has 0 atom stereocenters. The average Bonchev–Trinajstić information content (AvgIpc) is 2.91. The summed E-state index contributed by atoms with van der Waals surface area (Å²) in [7, 11) is 0. The lowest BCUT2D eigenvalue weighted by Crippen LogP contribution is -2.23. The Hall–Kier alpha value is -3.85. The highest BCUT2D eigenvalue weighted by Gasteiger charge is 2.21. The molecule has 0 aromatic heterocycles. The van der Waals surface area contributed by atoms with E-state index < -0.39 is 0 Å². The van der Waals surface area contributed by atoms with Gasteiger partial charge >= 0.3 is 0 Å². The van der Waals surface area contributed by atoms with Crippen molar-refractivity contribution < 1.29 is 4.79 Å². The zero-order valence-electron chi connectivity index (χ0n) is 20.6. The van der Waals surface area contributed by atoms with Crippen molar-refractivity contribution >= 4 is 29.3 Å². The van der Waals surface area contributed by atoms with Crippen molar-refractivity contribution in [2.75, 3.05) is 22.9 Å². The molecule has 3 aliphatic rings.